The van der Waals surface area contributed by atoms with Gasteiger partial charge in [-0.25, -0.2) is 4.98 Å². The molecule has 4 rings (SSSR count). The van der Waals surface area contributed by atoms with Crippen LogP contribution in [0.15, 0.2) is 48.9 Å². The van der Waals surface area contributed by atoms with Gasteiger partial charge in [0.1, 0.15) is 5.82 Å². The van der Waals surface area contributed by atoms with Crippen molar-refractivity contribution in [1.29, 1.82) is 0 Å². The zero-order valence-corrected chi connectivity index (χ0v) is 15.1. The Morgan fingerprint density at radius 2 is 2.04 bits per heavy atom. The minimum absolute atomic E-state index is 0.317. The Hall–Kier alpha value is -2.24. The average molecular weight is 350 g/mol. The van der Waals surface area contributed by atoms with E-state index in [1.165, 1.54) is 6.42 Å². The maximum Gasteiger partial charge on any atom is 0.140 e. The highest BCUT2D eigenvalue weighted by Crippen LogP contribution is 2.26. The predicted molar refractivity (Wildman–Crippen MR) is 104 cm³/mol. The number of rotatable bonds is 6. The van der Waals surface area contributed by atoms with Crippen molar-refractivity contribution in [1.82, 2.24) is 19.4 Å². The van der Waals surface area contributed by atoms with Crippen molar-refractivity contribution in [3.63, 3.8) is 0 Å². The number of aliphatic hydroxyl groups excluding tert-OH is 1. The van der Waals surface area contributed by atoms with Crippen LogP contribution < -0.4 is 0 Å². The van der Waals surface area contributed by atoms with Crippen LogP contribution in [-0.4, -0.2) is 50.8 Å². The standard InChI is InChI=1S/C21H26N4O/c26-16-17-5-3-11-24(15-17)12-4-13-25-14-10-23-21(25)19-6-1-8-20-18(19)7-2-9-22-20/h1-2,6-10,14,17,26H,3-5,11-13,15-16H2. The van der Waals surface area contributed by atoms with Crippen LogP contribution in [0.5, 0.6) is 0 Å². The smallest absolute Gasteiger partial charge is 0.140 e. The normalized spacial score (nSPS) is 18.4. The quantitative estimate of drug-likeness (QED) is 0.742. The van der Waals surface area contributed by atoms with E-state index in [4.69, 9.17) is 0 Å². The van der Waals surface area contributed by atoms with Gasteiger partial charge in [0.15, 0.2) is 0 Å². The summed E-state index contributed by atoms with van der Waals surface area (Å²) in [7, 11) is 0. The summed E-state index contributed by atoms with van der Waals surface area (Å²) < 4.78 is 2.25. The van der Waals surface area contributed by atoms with E-state index in [9.17, 15) is 5.11 Å². The number of pyridine rings is 1. The lowest BCUT2D eigenvalue weighted by molar-refractivity contribution is 0.119. The monoisotopic (exact) mass is 350 g/mol. The molecule has 2 aromatic heterocycles. The van der Waals surface area contributed by atoms with Crippen molar-refractivity contribution in [2.24, 2.45) is 5.92 Å². The van der Waals surface area contributed by atoms with E-state index in [2.05, 4.69) is 37.8 Å². The Morgan fingerprint density at radius 3 is 2.96 bits per heavy atom. The summed E-state index contributed by atoms with van der Waals surface area (Å²) in [6.45, 7) is 4.53. The van der Waals surface area contributed by atoms with E-state index in [0.717, 1.165) is 61.3 Å². The van der Waals surface area contributed by atoms with Crippen molar-refractivity contribution in [3.8, 4) is 11.4 Å². The molecular formula is C21H26N4O. The third-order valence-corrected chi connectivity index (χ3v) is 5.34. The molecule has 1 aromatic carbocycles. The first kappa shape index (κ1) is 17.2. The fourth-order valence-corrected chi connectivity index (χ4v) is 4.00. The van der Waals surface area contributed by atoms with Crippen LogP contribution in [-0.2, 0) is 6.54 Å². The number of aryl methyl sites for hydroxylation is 1. The molecular weight excluding hydrogens is 324 g/mol. The van der Waals surface area contributed by atoms with Gasteiger partial charge in [-0.2, -0.15) is 0 Å². The summed E-state index contributed by atoms with van der Waals surface area (Å²) in [4.78, 5) is 11.6. The van der Waals surface area contributed by atoms with Crippen LogP contribution >= 0.6 is 0 Å². The lowest BCUT2D eigenvalue weighted by Crippen LogP contribution is -2.37. The van der Waals surface area contributed by atoms with Gasteiger partial charge in [-0.1, -0.05) is 18.2 Å². The first-order chi connectivity index (χ1) is 12.8. The molecule has 5 heteroatoms. The predicted octanol–water partition coefficient (Wildman–Crippen LogP) is 3.19. The maximum absolute atomic E-state index is 9.39. The summed E-state index contributed by atoms with van der Waals surface area (Å²) in [6, 6.07) is 10.3. The Balaban J connectivity index is 1.46. The average Bonchev–Trinajstić information content (AvgIpc) is 3.16. The molecule has 26 heavy (non-hydrogen) atoms. The first-order valence-electron chi connectivity index (χ1n) is 9.53. The van der Waals surface area contributed by atoms with Gasteiger partial charge in [0, 0.05) is 49.2 Å². The van der Waals surface area contributed by atoms with Gasteiger partial charge in [-0.05, 0) is 50.4 Å². The number of aromatic nitrogens is 3. The van der Waals surface area contributed by atoms with Crippen LogP contribution in [0.4, 0.5) is 0 Å². The van der Waals surface area contributed by atoms with E-state index in [1.54, 1.807) is 0 Å². The molecule has 1 aliphatic heterocycles. The lowest BCUT2D eigenvalue weighted by atomic mass is 9.99. The van der Waals surface area contributed by atoms with Crippen molar-refractivity contribution >= 4 is 10.9 Å². The fraction of sp³-hybridized carbons (Fsp3) is 0.429. The van der Waals surface area contributed by atoms with Gasteiger partial charge in [0.25, 0.3) is 0 Å². The molecule has 0 bridgehead atoms. The van der Waals surface area contributed by atoms with E-state index in [-0.39, 0.29) is 0 Å². The van der Waals surface area contributed by atoms with Crippen LogP contribution in [0.3, 0.4) is 0 Å². The van der Waals surface area contributed by atoms with Crippen LogP contribution in [0, 0.1) is 5.92 Å². The minimum atomic E-state index is 0.317. The molecule has 0 saturated carbocycles. The van der Waals surface area contributed by atoms with Crippen LogP contribution in [0.2, 0.25) is 0 Å². The number of hydrogen-bond acceptors (Lipinski definition) is 4. The molecule has 0 spiro atoms. The van der Waals surface area contributed by atoms with Gasteiger partial charge < -0.3 is 14.6 Å². The molecule has 5 nitrogen and oxygen atoms in total. The molecule has 0 aliphatic carbocycles. The highest BCUT2D eigenvalue weighted by atomic mass is 16.3. The van der Waals surface area contributed by atoms with E-state index < -0.39 is 0 Å². The number of hydrogen-bond donors (Lipinski definition) is 1. The van der Waals surface area contributed by atoms with Gasteiger partial charge in [-0.15, -0.1) is 0 Å². The summed E-state index contributed by atoms with van der Waals surface area (Å²) in [5.74, 6) is 1.46. The molecule has 1 saturated heterocycles. The van der Waals surface area contributed by atoms with Crippen LogP contribution in [0.25, 0.3) is 22.3 Å². The Bertz CT molecular complexity index is 855. The molecule has 3 aromatic rings. The molecule has 136 valence electrons. The third kappa shape index (κ3) is 3.64. The number of fused-ring (bicyclic) bond motifs is 1. The van der Waals surface area contributed by atoms with E-state index >= 15 is 0 Å². The largest absolute Gasteiger partial charge is 0.396 e. The molecule has 3 heterocycles. The van der Waals surface area contributed by atoms with Crippen molar-refractivity contribution in [2.45, 2.75) is 25.8 Å². The second-order valence-electron chi connectivity index (χ2n) is 7.16. The molecule has 1 unspecified atom stereocenters. The Kier molecular flexibility index (Phi) is 5.27. The second-order valence-corrected chi connectivity index (χ2v) is 7.16. The maximum atomic E-state index is 9.39. The number of nitrogens with zero attached hydrogens (tertiary/aromatic N) is 4. The van der Waals surface area contributed by atoms with Gasteiger partial charge in [0.05, 0.1) is 5.52 Å². The molecule has 1 aliphatic rings. The van der Waals surface area contributed by atoms with Crippen molar-refractivity contribution in [3.05, 3.63) is 48.9 Å². The number of aliphatic hydroxyl groups is 1. The fourth-order valence-electron chi connectivity index (χ4n) is 4.00. The highest BCUT2D eigenvalue weighted by Gasteiger charge is 2.18. The van der Waals surface area contributed by atoms with Crippen molar-refractivity contribution < 1.29 is 5.11 Å². The summed E-state index contributed by atoms with van der Waals surface area (Å²) in [6.07, 6.45) is 9.23. The molecule has 1 atom stereocenters. The SMILES string of the molecule is OCC1CCCN(CCCn2ccnc2-c2cccc3ncccc23)C1. The topological polar surface area (TPSA) is 54.2 Å². The molecule has 0 radical (unpaired) electrons. The van der Waals surface area contributed by atoms with Gasteiger partial charge >= 0.3 is 0 Å². The van der Waals surface area contributed by atoms with Gasteiger partial charge in [-0.3, -0.25) is 4.98 Å². The molecule has 1 fully saturated rings. The van der Waals surface area contributed by atoms with Crippen molar-refractivity contribution in [2.75, 3.05) is 26.2 Å². The lowest BCUT2D eigenvalue weighted by Gasteiger charge is -2.31. The number of benzene rings is 1. The van der Waals surface area contributed by atoms with E-state index in [0.29, 0.717) is 12.5 Å². The molecule has 1 N–H and O–H groups in total. The highest BCUT2D eigenvalue weighted by molar-refractivity contribution is 5.92. The summed E-state index contributed by atoms with van der Waals surface area (Å²) in [5.41, 5.74) is 2.14. The van der Waals surface area contributed by atoms with E-state index in [1.807, 2.05) is 30.6 Å². The second kappa shape index (κ2) is 7.98. The zero-order valence-electron chi connectivity index (χ0n) is 15.1. The molecule has 0 amide bonds. The summed E-state index contributed by atoms with van der Waals surface area (Å²) >= 11 is 0. The Labute approximate surface area is 154 Å². The number of imidazole rings is 1. The minimum Gasteiger partial charge on any atom is -0.396 e. The number of piperidine rings is 1. The third-order valence-electron chi connectivity index (χ3n) is 5.34. The summed E-state index contributed by atoms with van der Waals surface area (Å²) in [5, 5.41) is 10.5. The van der Waals surface area contributed by atoms with Gasteiger partial charge in [0.2, 0.25) is 0 Å². The Morgan fingerprint density at radius 1 is 1.08 bits per heavy atom. The zero-order chi connectivity index (χ0) is 17.8. The first-order valence-corrected chi connectivity index (χ1v) is 9.53. The van der Waals surface area contributed by atoms with Crippen LogP contribution in [0.1, 0.15) is 19.3 Å². The number of likely N-dealkylation sites (tertiary alicyclic amines) is 1.